The number of carbonyl (C=O) groups excluding carboxylic acids is 2. The fourth-order valence-electron chi connectivity index (χ4n) is 1.35. The molecule has 0 spiro atoms. The predicted octanol–water partition coefficient (Wildman–Crippen LogP) is 1.35. The van der Waals surface area contributed by atoms with Crippen molar-refractivity contribution in [3.8, 4) is 0 Å². The molecule has 72 valence electrons. The molecule has 1 rings (SSSR count). The first-order chi connectivity index (χ1) is 5.95. The molecule has 0 bridgehead atoms. The molecule has 3 heteroatoms. The Kier molecular flexibility index (Phi) is 2.55. The Labute approximate surface area is 78.4 Å². The van der Waals surface area contributed by atoms with Crippen LogP contribution in [0.25, 0.3) is 0 Å². The van der Waals surface area contributed by atoms with Crippen LogP contribution in [-0.2, 0) is 9.59 Å². The van der Waals surface area contributed by atoms with Crippen molar-refractivity contribution in [1.82, 2.24) is 4.90 Å². The Morgan fingerprint density at radius 1 is 1.08 bits per heavy atom. The summed E-state index contributed by atoms with van der Waals surface area (Å²) in [5, 5.41) is 0. The number of imide groups is 1. The second kappa shape index (κ2) is 3.32. The van der Waals surface area contributed by atoms with Gasteiger partial charge in [0, 0.05) is 17.7 Å². The highest BCUT2D eigenvalue weighted by molar-refractivity contribution is 6.18. The average molecular weight is 181 g/mol. The lowest BCUT2D eigenvalue weighted by molar-refractivity contribution is -0.138. The standard InChI is InChI=1S/C10H15NO2/c1-6(2)5-11-9(12)7(3)8(4)10(11)13/h6H,5H2,1-4H3. The van der Waals surface area contributed by atoms with Crippen molar-refractivity contribution in [2.75, 3.05) is 6.54 Å². The van der Waals surface area contributed by atoms with Crippen molar-refractivity contribution in [2.45, 2.75) is 27.7 Å². The molecule has 1 aliphatic rings. The molecule has 2 amide bonds. The SMILES string of the molecule is CC1=C(C)C(=O)N(CC(C)C)C1=O. The molecule has 0 aliphatic carbocycles. The molecular weight excluding hydrogens is 166 g/mol. The molecule has 1 heterocycles. The summed E-state index contributed by atoms with van der Waals surface area (Å²) in [6.07, 6.45) is 0. The van der Waals surface area contributed by atoms with E-state index in [1.165, 1.54) is 4.90 Å². The van der Waals surface area contributed by atoms with E-state index in [4.69, 9.17) is 0 Å². The smallest absolute Gasteiger partial charge is 0.256 e. The molecular formula is C10H15NO2. The molecule has 0 aromatic heterocycles. The highest BCUT2D eigenvalue weighted by Crippen LogP contribution is 2.20. The fourth-order valence-corrected chi connectivity index (χ4v) is 1.35. The molecule has 0 fully saturated rings. The third-order valence-corrected chi connectivity index (χ3v) is 2.24. The molecule has 0 saturated heterocycles. The largest absolute Gasteiger partial charge is 0.275 e. The second-order valence-corrected chi connectivity index (χ2v) is 3.86. The molecule has 0 radical (unpaired) electrons. The van der Waals surface area contributed by atoms with Gasteiger partial charge in [-0.1, -0.05) is 13.8 Å². The Bertz CT molecular complexity index is 265. The number of amides is 2. The van der Waals surface area contributed by atoms with E-state index in [2.05, 4.69) is 0 Å². The van der Waals surface area contributed by atoms with Crippen molar-refractivity contribution < 1.29 is 9.59 Å². The van der Waals surface area contributed by atoms with Gasteiger partial charge in [-0.15, -0.1) is 0 Å². The Balaban J connectivity index is 2.85. The maximum atomic E-state index is 11.5. The van der Waals surface area contributed by atoms with E-state index in [1.54, 1.807) is 13.8 Å². The first kappa shape index (κ1) is 9.96. The molecule has 0 aromatic rings. The molecule has 0 atom stereocenters. The first-order valence-electron chi connectivity index (χ1n) is 4.48. The fraction of sp³-hybridized carbons (Fsp3) is 0.600. The number of hydrogen-bond acceptors (Lipinski definition) is 2. The van der Waals surface area contributed by atoms with Crippen molar-refractivity contribution in [1.29, 1.82) is 0 Å². The zero-order chi connectivity index (χ0) is 10.2. The van der Waals surface area contributed by atoms with Crippen LogP contribution >= 0.6 is 0 Å². The van der Waals surface area contributed by atoms with E-state index in [9.17, 15) is 9.59 Å². The molecule has 13 heavy (non-hydrogen) atoms. The van der Waals surface area contributed by atoms with E-state index in [-0.39, 0.29) is 11.8 Å². The normalized spacial score (nSPS) is 18.1. The van der Waals surface area contributed by atoms with Crippen molar-refractivity contribution in [3.05, 3.63) is 11.1 Å². The van der Waals surface area contributed by atoms with Gasteiger partial charge in [0.1, 0.15) is 0 Å². The molecule has 3 nitrogen and oxygen atoms in total. The Morgan fingerprint density at radius 3 is 1.77 bits per heavy atom. The Morgan fingerprint density at radius 2 is 1.46 bits per heavy atom. The van der Waals surface area contributed by atoms with Crippen LogP contribution in [0, 0.1) is 5.92 Å². The lowest BCUT2D eigenvalue weighted by Crippen LogP contribution is -2.34. The van der Waals surface area contributed by atoms with E-state index in [0.717, 1.165) is 0 Å². The molecule has 0 aromatic carbocycles. The minimum absolute atomic E-state index is 0.129. The van der Waals surface area contributed by atoms with Gasteiger partial charge in [-0.05, 0) is 19.8 Å². The molecule has 0 saturated carbocycles. The van der Waals surface area contributed by atoms with Crippen LogP contribution in [0.4, 0.5) is 0 Å². The van der Waals surface area contributed by atoms with Crippen LogP contribution in [0.1, 0.15) is 27.7 Å². The summed E-state index contributed by atoms with van der Waals surface area (Å²) in [7, 11) is 0. The maximum absolute atomic E-state index is 11.5. The van der Waals surface area contributed by atoms with Gasteiger partial charge in [-0.2, -0.15) is 0 Å². The number of hydrogen-bond donors (Lipinski definition) is 0. The van der Waals surface area contributed by atoms with Crippen LogP contribution in [0.15, 0.2) is 11.1 Å². The topological polar surface area (TPSA) is 37.4 Å². The summed E-state index contributed by atoms with van der Waals surface area (Å²) in [5.74, 6) is 0.0685. The van der Waals surface area contributed by atoms with Gasteiger partial charge in [-0.25, -0.2) is 0 Å². The highest BCUT2D eigenvalue weighted by Gasteiger charge is 2.33. The summed E-state index contributed by atoms with van der Waals surface area (Å²) in [5.41, 5.74) is 1.18. The van der Waals surface area contributed by atoms with Crippen LogP contribution in [0.5, 0.6) is 0 Å². The minimum Gasteiger partial charge on any atom is -0.275 e. The van der Waals surface area contributed by atoms with Crippen LogP contribution < -0.4 is 0 Å². The molecule has 0 N–H and O–H groups in total. The Hall–Kier alpha value is -1.12. The third-order valence-electron chi connectivity index (χ3n) is 2.24. The monoisotopic (exact) mass is 181 g/mol. The van der Waals surface area contributed by atoms with Crippen molar-refractivity contribution in [3.63, 3.8) is 0 Å². The van der Waals surface area contributed by atoms with Crippen LogP contribution in [0.3, 0.4) is 0 Å². The van der Waals surface area contributed by atoms with Gasteiger partial charge < -0.3 is 0 Å². The summed E-state index contributed by atoms with van der Waals surface area (Å²) in [6, 6.07) is 0. The number of carbonyl (C=O) groups is 2. The lowest BCUT2D eigenvalue weighted by Gasteiger charge is -2.16. The van der Waals surface area contributed by atoms with Crippen LogP contribution in [-0.4, -0.2) is 23.3 Å². The molecule has 1 aliphatic heterocycles. The van der Waals surface area contributed by atoms with Gasteiger partial charge in [-0.3, -0.25) is 14.5 Å². The van der Waals surface area contributed by atoms with Gasteiger partial charge >= 0.3 is 0 Å². The quantitative estimate of drug-likeness (QED) is 0.603. The predicted molar refractivity (Wildman–Crippen MR) is 49.9 cm³/mol. The average Bonchev–Trinajstić information content (AvgIpc) is 2.22. The van der Waals surface area contributed by atoms with Gasteiger partial charge in [0.2, 0.25) is 0 Å². The summed E-state index contributed by atoms with van der Waals surface area (Å²) in [4.78, 5) is 24.3. The van der Waals surface area contributed by atoms with Crippen LogP contribution in [0.2, 0.25) is 0 Å². The summed E-state index contributed by atoms with van der Waals surface area (Å²) < 4.78 is 0. The third kappa shape index (κ3) is 1.64. The van der Waals surface area contributed by atoms with Gasteiger partial charge in [0.05, 0.1) is 0 Å². The van der Waals surface area contributed by atoms with E-state index in [1.807, 2.05) is 13.8 Å². The van der Waals surface area contributed by atoms with Gasteiger partial charge in [0.25, 0.3) is 11.8 Å². The zero-order valence-electron chi connectivity index (χ0n) is 8.55. The first-order valence-corrected chi connectivity index (χ1v) is 4.48. The van der Waals surface area contributed by atoms with E-state index >= 15 is 0 Å². The zero-order valence-corrected chi connectivity index (χ0v) is 8.55. The second-order valence-electron chi connectivity index (χ2n) is 3.86. The maximum Gasteiger partial charge on any atom is 0.256 e. The lowest BCUT2D eigenvalue weighted by atomic mass is 10.2. The highest BCUT2D eigenvalue weighted by atomic mass is 16.2. The number of nitrogens with zero attached hydrogens (tertiary/aromatic N) is 1. The molecule has 0 unspecified atom stereocenters. The minimum atomic E-state index is -0.129. The van der Waals surface area contributed by atoms with Gasteiger partial charge in [0.15, 0.2) is 0 Å². The van der Waals surface area contributed by atoms with E-state index < -0.39 is 0 Å². The van der Waals surface area contributed by atoms with Crippen molar-refractivity contribution >= 4 is 11.8 Å². The van der Waals surface area contributed by atoms with E-state index in [0.29, 0.717) is 23.6 Å². The van der Waals surface area contributed by atoms with Crippen molar-refractivity contribution in [2.24, 2.45) is 5.92 Å². The summed E-state index contributed by atoms with van der Waals surface area (Å²) in [6.45, 7) is 7.91. The number of rotatable bonds is 2. The summed E-state index contributed by atoms with van der Waals surface area (Å²) >= 11 is 0.